The molecule has 0 aliphatic heterocycles. The molecule has 0 fully saturated rings. The topological polar surface area (TPSA) is 56.8 Å². The van der Waals surface area contributed by atoms with Crippen molar-refractivity contribution in [2.75, 3.05) is 20.8 Å². The molecule has 5 nitrogen and oxygen atoms in total. The third-order valence-electron chi connectivity index (χ3n) is 3.73. The highest BCUT2D eigenvalue weighted by molar-refractivity contribution is 6.35. The van der Waals surface area contributed by atoms with Gasteiger partial charge in [0.25, 0.3) is 0 Å². The maximum Gasteiger partial charge on any atom is 0.220 e. The summed E-state index contributed by atoms with van der Waals surface area (Å²) in [5.74, 6) is 1.53. The van der Waals surface area contributed by atoms with Gasteiger partial charge >= 0.3 is 0 Å². The van der Waals surface area contributed by atoms with Crippen LogP contribution in [0.1, 0.15) is 18.4 Å². The first-order valence-electron chi connectivity index (χ1n) is 8.19. The molecule has 27 heavy (non-hydrogen) atoms. The first-order valence-corrected chi connectivity index (χ1v) is 9.33. The summed E-state index contributed by atoms with van der Waals surface area (Å²) >= 11 is 18.1. The molecule has 1 N–H and O–H groups in total. The molecule has 0 aromatic heterocycles. The normalized spacial score (nSPS) is 10.4. The number of amides is 1. The van der Waals surface area contributed by atoms with E-state index >= 15 is 0 Å². The maximum absolute atomic E-state index is 12.0. The van der Waals surface area contributed by atoms with Crippen LogP contribution in [-0.2, 0) is 11.3 Å². The van der Waals surface area contributed by atoms with Crippen LogP contribution < -0.4 is 19.5 Å². The first kappa shape index (κ1) is 21.5. The molecule has 0 heterocycles. The van der Waals surface area contributed by atoms with E-state index in [1.54, 1.807) is 37.4 Å². The Hall–Kier alpha value is -1.82. The van der Waals surface area contributed by atoms with Gasteiger partial charge in [0.2, 0.25) is 5.91 Å². The molecule has 0 saturated heterocycles. The van der Waals surface area contributed by atoms with Gasteiger partial charge in [-0.15, -0.1) is 0 Å². The SMILES string of the molecule is COc1cc(Cl)c(CNC(=O)CCCOc2ccc(Cl)cc2Cl)cc1OC. The summed E-state index contributed by atoms with van der Waals surface area (Å²) < 4.78 is 16.0. The van der Waals surface area contributed by atoms with Crippen LogP contribution >= 0.6 is 34.8 Å². The Balaban J connectivity index is 1.78. The summed E-state index contributed by atoms with van der Waals surface area (Å²) in [6.45, 7) is 0.660. The van der Waals surface area contributed by atoms with E-state index in [9.17, 15) is 4.79 Å². The molecular formula is C19H20Cl3NO4. The van der Waals surface area contributed by atoms with Crippen molar-refractivity contribution in [1.82, 2.24) is 5.32 Å². The van der Waals surface area contributed by atoms with Crippen LogP contribution in [0.4, 0.5) is 0 Å². The Kier molecular flexibility index (Phi) is 8.35. The molecule has 8 heteroatoms. The second kappa shape index (κ2) is 10.5. The largest absolute Gasteiger partial charge is 0.493 e. The highest BCUT2D eigenvalue weighted by Gasteiger charge is 2.11. The minimum Gasteiger partial charge on any atom is -0.493 e. The smallest absolute Gasteiger partial charge is 0.220 e. The van der Waals surface area contributed by atoms with Gasteiger partial charge in [0.1, 0.15) is 5.75 Å². The fourth-order valence-electron chi connectivity index (χ4n) is 2.32. The minimum absolute atomic E-state index is 0.105. The molecule has 0 unspecified atom stereocenters. The first-order chi connectivity index (χ1) is 12.9. The fourth-order valence-corrected chi connectivity index (χ4v) is 3.00. The highest BCUT2D eigenvalue weighted by Crippen LogP contribution is 2.33. The number of halogens is 3. The van der Waals surface area contributed by atoms with Crippen molar-refractivity contribution in [2.45, 2.75) is 19.4 Å². The zero-order valence-electron chi connectivity index (χ0n) is 15.0. The van der Waals surface area contributed by atoms with Crippen LogP contribution in [0, 0.1) is 0 Å². The van der Waals surface area contributed by atoms with Crippen LogP contribution in [0.25, 0.3) is 0 Å². The highest BCUT2D eigenvalue weighted by atomic mass is 35.5. The van der Waals surface area contributed by atoms with E-state index in [-0.39, 0.29) is 5.91 Å². The predicted octanol–water partition coefficient (Wildman–Crippen LogP) is 5.14. The molecule has 0 saturated carbocycles. The number of rotatable bonds is 9. The molecular weight excluding hydrogens is 413 g/mol. The van der Waals surface area contributed by atoms with Crippen LogP contribution in [0.3, 0.4) is 0 Å². The monoisotopic (exact) mass is 431 g/mol. The average Bonchev–Trinajstić information content (AvgIpc) is 2.65. The van der Waals surface area contributed by atoms with Gasteiger partial charge in [0.15, 0.2) is 11.5 Å². The van der Waals surface area contributed by atoms with E-state index < -0.39 is 0 Å². The van der Waals surface area contributed by atoms with Crippen molar-refractivity contribution >= 4 is 40.7 Å². The Labute approximate surface area is 173 Å². The van der Waals surface area contributed by atoms with Crippen molar-refractivity contribution in [3.8, 4) is 17.2 Å². The van der Waals surface area contributed by atoms with Crippen molar-refractivity contribution in [2.24, 2.45) is 0 Å². The quantitative estimate of drug-likeness (QED) is 0.557. The number of carbonyl (C=O) groups excluding carboxylic acids is 1. The maximum atomic E-state index is 12.0. The van der Waals surface area contributed by atoms with Gasteiger partial charge in [-0.2, -0.15) is 0 Å². The van der Waals surface area contributed by atoms with Crippen molar-refractivity contribution in [1.29, 1.82) is 0 Å². The van der Waals surface area contributed by atoms with Gasteiger partial charge < -0.3 is 19.5 Å². The number of nitrogens with one attached hydrogen (secondary N) is 1. The molecule has 0 atom stereocenters. The van der Waals surface area contributed by atoms with E-state index in [0.717, 1.165) is 5.56 Å². The molecule has 0 aliphatic carbocycles. The molecule has 0 aliphatic rings. The van der Waals surface area contributed by atoms with Crippen molar-refractivity contribution in [3.63, 3.8) is 0 Å². The summed E-state index contributed by atoms with van der Waals surface area (Å²) in [6, 6.07) is 8.41. The van der Waals surface area contributed by atoms with Gasteiger partial charge in [0, 0.05) is 29.1 Å². The Morgan fingerprint density at radius 2 is 1.67 bits per heavy atom. The minimum atomic E-state index is -0.105. The molecule has 146 valence electrons. The zero-order valence-corrected chi connectivity index (χ0v) is 17.2. The molecule has 2 aromatic carbocycles. The Bertz CT molecular complexity index is 799. The zero-order chi connectivity index (χ0) is 19.8. The number of benzene rings is 2. The molecule has 0 radical (unpaired) electrons. The average molecular weight is 433 g/mol. The van der Waals surface area contributed by atoms with Gasteiger partial charge in [-0.25, -0.2) is 0 Å². The number of ether oxygens (including phenoxy) is 3. The van der Waals surface area contributed by atoms with E-state index in [4.69, 9.17) is 49.0 Å². The number of hydrogen-bond acceptors (Lipinski definition) is 4. The summed E-state index contributed by atoms with van der Waals surface area (Å²) in [5.41, 5.74) is 0.742. The van der Waals surface area contributed by atoms with Crippen LogP contribution in [-0.4, -0.2) is 26.7 Å². The predicted molar refractivity (Wildman–Crippen MR) is 108 cm³/mol. The van der Waals surface area contributed by atoms with Crippen LogP contribution in [0.2, 0.25) is 15.1 Å². The molecule has 1 amide bonds. The van der Waals surface area contributed by atoms with E-state index in [1.807, 2.05) is 0 Å². The molecule has 2 aromatic rings. The third-order valence-corrected chi connectivity index (χ3v) is 4.61. The van der Waals surface area contributed by atoms with Crippen LogP contribution in [0.15, 0.2) is 30.3 Å². The lowest BCUT2D eigenvalue weighted by Crippen LogP contribution is -2.23. The number of hydrogen-bond donors (Lipinski definition) is 1. The molecule has 0 bridgehead atoms. The van der Waals surface area contributed by atoms with Gasteiger partial charge in [0.05, 0.1) is 25.8 Å². The standard InChI is InChI=1S/C19H20Cl3NO4/c1-25-17-8-12(14(21)10-18(17)26-2)11-23-19(24)4-3-7-27-16-6-5-13(20)9-15(16)22/h5-6,8-10H,3-4,7,11H2,1-2H3,(H,23,24). The fraction of sp³-hybridized carbons (Fsp3) is 0.316. The van der Waals surface area contributed by atoms with Crippen LogP contribution in [0.5, 0.6) is 17.2 Å². The molecule has 0 spiro atoms. The summed E-state index contributed by atoms with van der Waals surface area (Å²) in [6.07, 6.45) is 0.862. The second-order valence-corrected chi connectivity index (χ2v) is 6.85. The lowest BCUT2D eigenvalue weighted by atomic mass is 10.2. The lowest BCUT2D eigenvalue weighted by Gasteiger charge is -2.12. The van der Waals surface area contributed by atoms with E-state index in [1.165, 1.54) is 7.11 Å². The van der Waals surface area contributed by atoms with E-state index in [2.05, 4.69) is 5.32 Å². The third kappa shape index (κ3) is 6.38. The van der Waals surface area contributed by atoms with Gasteiger partial charge in [-0.05, 0) is 36.2 Å². The molecule has 2 rings (SSSR count). The Morgan fingerprint density at radius 3 is 2.33 bits per heavy atom. The van der Waals surface area contributed by atoms with Gasteiger partial charge in [-0.3, -0.25) is 4.79 Å². The second-order valence-electron chi connectivity index (χ2n) is 5.60. The van der Waals surface area contributed by atoms with Crippen molar-refractivity contribution in [3.05, 3.63) is 51.0 Å². The lowest BCUT2D eigenvalue weighted by molar-refractivity contribution is -0.121. The number of carbonyl (C=O) groups is 1. The van der Waals surface area contributed by atoms with Crippen molar-refractivity contribution < 1.29 is 19.0 Å². The summed E-state index contributed by atoms with van der Waals surface area (Å²) in [7, 11) is 3.08. The number of methoxy groups -OCH3 is 2. The summed E-state index contributed by atoms with van der Waals surface area (Å²) in [4.78, 5) is 12.0. The summed E-state index contributed by atoms with van der Waals surface area (Å²) in [5, 5.41) is 4.30. The Morgan fingerprint density at radius 1 is 0.963 bits per heavy atom. The van der Waals surface area contributed by atoms with Gasteiger partial charge in [-0.1, -0.05) is 34.8 Å². The van der Waals surface area contributed by atoms with E-state index in [0.29, 0.717) is 58.3 Å².